The number of aromatic nitrogens is 2. The second kappa shape index (κ2) is 5.12. The summed E-state index contributed by atoms with van der Waals surface area (Å²) in [5.41, 5.74) is 0. The van der Waals surface area contributed by atoms with Crippen molar-refractivity contribution in [3.8, 4) is 0 Å². The standard InChI is InChI=1S/C10H19N3O/c1-4-13-6-5-11-10(13)9(14)7-12-8(2)3/h5-6,8-9,12,14H,4,7H2,1-3H3. The van der Waals surface area contributed by atoms with Crippen molar-refractivity contribution < 1.29 is 5.11 Å². The van der Waals surface area contributed by atoms with Gasteiger partial charge in [-0.1, -0.05) is 13.8 Å². The van der Waals surface area contributed by atoms with Crippen molar-refractivity contribution in [2.24, 2.45) is 0 Å². The molecule has 0 saturated carbocycles. The molecule has 1 unspecified atom stereocenters. The number of aliphatic hydroxyl groups excluding tert-OH is 1. The van der Waals surface area contributed by atoms with Gasteiger partial charge in [-0.25, -0.2) is 4.98 Å². The van der Waals surface area contributed by atoms with E-state index in [2.05, 4.69) is 24.1 Å². The van der Waals surface area contributed by atoms with Crippen LogP contribution in [0.15, 0.2) is 12.4 Å². The van der Waals surface area contributed by atoms with E-state index in [1.807, 2.05) is 17.7 Å². The van der Waals surface area contributed by atoms with Gasteiger partial charge >= 0.3 is 0 Å². The molecular formula is C10H19N3O. The van der Waals surface area contributed by atoms with Gasteiger partial charge < -0.3 is 15.0 Å². The van der Waals surface area contributed by atoms with Crippen molar-refractivity contribution >= 4 is 0 Å². The fourth-order valence-corrected chi connectivity index (χ4v) is 1.32. The van der Waals surface area contributed by atoms with Crippen LogP contribution in [0.1, 0.15) is 32.7 Å². The highest BCUT2D eigenvalue weighted by Crippen LogP contribution is 2.09. The summed E-state index contributed by atoms with van der Waals surface area (Å²) in [5.74, 6) is 0.737. The Bertz CT molecular complexity index is 270. The minimum Gasteiger partial charge on any atom is -0.384 e. The molecule has 1 aromatic heterocycles. The third-order valence-corrected chi connectivity index (χ3v) is 2.11. The fourth-order valence-electron chi connectivity index (χ4n) is 1.32. The Balaban J connectivity index is 2.55. The molecule has 0 amide bonds. The summed E-state index contributed by atoms with van der Waals surface area (Å²) in [4.78, 5) is 4.14. The largest absolute Gasteiger partial charge is 0.384 e. The van der Waals surface area contributed by atoms with Crippen LogP contribution < -0.4 is 5.32 Å². The first kappa shape index (κ1) is 11.2. The van der Waals surface area contributed by atoms with Gasteiger partial charge in [-0.2, -0.15) is 0 Å². The molecule has 1 rings (SSSR count). The number of hydrogen-bond donors (Lipinski definition) is 2. The Morgan fingerprint density at radius 3 is 2.86 bits per heavy atom. The molecule has 1 aromatic rings. The van der Waals surface area contributed by atoms with Crippen LogP contribution in [0.5, 0.6) is 0 Å². The van der Waals surface area contributed by atoms with Gasteiger partial charge in [0, 0.05) is 31.5 Å². The van der Waals surface area contributed by atoms with E-state index < -0.39 is 6.10 Å². The van der Waals surface area contributed by atoms with E-state index in [1.165, 1.54) is 0 Å². The Morgan fingerprint density at radius 2 is 2.29 bits per heavy atom. The summed E-state index contributed by atoms with van der Waals surface area (Å²) in [7, 11) is 0. The van der Waals surface area contributed by atoms with Crippen molar-refractivity contribution in [2.75, 3.05) is 6.54 Å². The van der Waals surface area contributed by atoms with Crippen molar-refractivity contribution in [3.05, 3.63) is 18.2 Å². The number of hydrogen-bond acceptors (Lipinski definition) is 3. The summed E-state index contributed by atoms with van der Waals surface area (Å²) < 4.78 is 1.95. The number of aryl methyl sites for hydroxylation is 1. The number of nitrogens with zero attached hydrogens (tertiary/aromatic N) is 2. The normalized spacial score (nSPS) is 13.5. The molecule has 0 aliphatic carbocycles. The third-order valence-electron chi connectivity index (χ3n) is 2.11. The lowest BCUT2D eigenvalue weighted by molar-refractivity contribution is 0.157. The number of rotatable bonds is 5. The molecule has 4 nitrogen and oxygen atoms in total. The number of aliphatic hydroxyl groups is 1. The molecule has 80 valence electrons. The molecule has 0 fully saturated rings. The predicted octanol–water partition coefficient (Wildman–Crippen LogP) is 0.934. The summed E-state index contributed by atoms with van der Waals surface area (Å²) in [6.45, 7) is 7.54. The van der Waals surface area contributed by atoms with Crippen molar-refractivity contribution in [3.63, 3.8) is 0 Å². The van der Waals surface area contributed by atoms with Crippen LogP contribution in [0.3, 0.4) is 0 Å². The average molecular weight is 197 g/mol. The van der Waals surface area contributed by atoms with Crippen molar-refractivity contribution in [1.82, 2.24) is 14.9 Å². The zero-order chi connectivity index (χ0) is 10.6. The third kappa shape index (κ3) is 2.82. The maximum Gasteiger partial charge on any atom is 0.138 e. The van der Waals surface area contributed by atoms with Gasteiger partial charge in [0.2, 0.25) is 0 Å². The quantitative estimate of drug-likeness (QED) is 0.738. The van der Waals surface area contributed by atoms with Gasteiger partial charge in [0.05, 0.1) is 0 Å². The molecule has 1 heterocycles. The van der Waals surface area contributed by atoms with E-state index in [0.29, 0.717) is 12.6 Å². The molecule has 0 bridgehead atoms. The minimum absolute atomic E-state index is 0.384. The van der Waals surface area contributed by atoms with E-state index in [-0.39, 0.29) is 0 Å². The first-order valence-electron chi connectivity index (χ1n) is 5.07. The van der Waals surface area contributed by atoms with E-state index in [1.54, 1.807) is 6.20 Å². The maximum absolute atomic E-state index is 9.82. The first-order chi connectivity index (χ1) is 6.65. The van der Waals surface area contributed by atoms with Gasteiger partial charge in [-0.05, 0) is 6.92 Å². The molecule has 0 aliphatic heterocycles. The monoisotopic (exact) mass is 197 g/mol. The zero-order valence-corrected chi connectivity index (χ0v) is 9.07. The first-order valence-corrected chi connectivity index (χ1v) is 5.07. The molecule has 14 heavy (non-hydrogen) atoms. The van der Waals surface area contributed by atoms with Crippen LogP contribution in [0, 0.1) is 0 Å². The molecule has 0 radical (unpaired) electrons. The van der Waals surface area contributed by atoms with Gasteiger partial charge in [-0.15, -0.1) is 0 Å². The topological polar surface area (TPSA) is 50.1 Å². The second-order valence-electron chi connectivity index (χ2n) is 3.65. The number of imidazole rings is 1. The summed E-state index contributed by atoms with van der Waals surface area (Å²) in [5, 5.41) is 13.0. The lowest BCUT2D eigenvalue weighted by atomic mass is 10.3. The van der Waals surface area contributed by atoms with Gasteiger partial charge in [0.25, 0.3) is 0 Å². The molecule has 0 saturated heterocycles. The molecule has 0 spiro atoms. The maximum atomic E-state index is 9.82. The molecular weight excluding hydrogens is 178 g/mol. The predicted molar refractivity (Wildman–Crippen MR) is 56.0 cm³/mol. The van der Waals surface area contributed by atoms with Crippen LogP contribution in [-0.2, 0) is 6.54 Å². The zero-order valence-electron chi connectivity index (χ0n) is 9.07. The highest BCUT2D eigenvalue weighted by atomic mass is 16.3. The molecule has 2 N–H and O–H groups in total. The van der Waals surface area contributed by atoms with Crippen LogP contribution in [0.2, 0.25) is 0 Å². The Hall–Kier alpha value is -0.870. The lowest BCUT2D eigenvalue weighted by Gasteiger charge is -2.14. The van der Waals surface area contributed by atoms with E-state index in [4.69, 9.17) is 0 Å². The van der Waals surface area contributed by atoms with Crippen LogP contribution >= 0.6 is 0 Å². The summed E-state index contributed by atoms with van der Waals surface area (Å²) in [6, 6.07) is 0.384. The highest BCUT2D eigenvalue weighted by Gasteiger charge is 2.12. The van der Waals surface area contributed by atoms with Gasteiger partial charge in [0.15, 0.2) is 0 Å². The highest BCUT2D eigenvalue weighted by molar-refractivity contribution is 4.97. The van der Waals surface area contributed by atoms with Crippen LogP contribution in [0.25, 0.3) is 0 Å². The number of nitrogens with one attached hydrogen (secondary N) is 1. The van der Waals surface area contributed by atoms with Crippen LogP contribution in [0.4, 0.5) is 0 Å². The Kier molecular flexibility index (Phi) is 4.10. The summed E-state index contributed by atoms with van der Waals surface area (Å²) in [6.07, 6.45) is 3.08. The Morgan fingerprint density at radius 1 is 1.57 bits per heavy atom. The molecule has 4 heteroatoms. The smallest absolute Gasteiger partial charge is 0.138 e. The minimum atomic E-state index is -0.521. The fraction of sp³-hybridized carbons (Fsp3) is 0.700. The van der Waals surface area contributed by atoms with E-state index in [0.717, 1.165) is 12.4 Å². The lowest BCUT2D eigenvalue weighted by Crippen LogP contribution is -2.29. The van der Waals surface area contributed by atoms with Crippen LogP contribution in [-0.4, -0.2) is 27.2 Å². The SMILES string of the molecule is CCn1ccnc1C(O)CNC(C)C. The van der Waals surface area contributed by atoms with Gasteiger partial charge in [0.1, 0.15) is 11.9 Å². The molecule has 1 atom stereocenters. The van der Waals surface area contributed by atoms with Crippen molar-refractivity contribution in [2.45, 2.75) is 39.5 Å². The van der Waals surface area contributed by atoms with E-state index in [9.17, 15) is 5.11 Å². The Labute approximate surface area is 85.0 Å². The van der Waals surface area contributed by atoms with E-state index >= 15 is 0 Å². The molecule has 0 aromatic carbocycles. The van der Waals surface area contributed by atoms with Crippen molar-refractivity contribution in [1.29, 1.82) is 0 Å². The molecule has 0 aliphatic rings. The summed E-state index contributed by atoms with van der Waals surface area (Å²) >= 11 is 0. The average Bonchev–Trinajstić information content (AvgIpc) is 2.61. The second-order valence-corrected chi connectivity index (χ2v) is 3.65. The van der Waals surface area contributed by atoms with Gasteiger partial charge in [-0.3, -0.25) is 0 Å².